The third kappa shape index (κ3) is 4.58. The van der Waals surface area contributed by atoms with E-state index in [4.69, 9.17) is 4.74 Å². The summed E-state index contributed by atoms with van der Waals surface area (Å²) in [6, 6.07) is 17.3. The third-order valence-corrected chi connectivity index (χ3v) is 7.92. The number of nitrogens with one attached hydrogen (secondary N) is 3. The highest BCUT2D eigenvalue weighted by molar-refractivity contribution is 6.11. The van der Waals surface area contributed by atoms with Gasteiger partial charge in [0.1, 0.15) is 5.75 Å². The smallest absolute Gasteiger partial charge is 0.252 e. The van der Waals surface area contributed by atoms with Gasteiger partial charge < -0.3 is 20.4 Å². The number of rotatable bonds is 7. The molecule has 8 heteroatoms. The molecule has 3 heterocycles. The number of aryl methyl sites for hydroxylation is 1. The highest BCUT2D eigenvalue weighted by Gasteiger charge is 2.47. The molecule has 2 fully saturated rings. The number of carbonyl (C=O) groups excluding carboxylic acids is 1. The summed E-state index contributed by atoms with van der Waals surface area (Å²) in [5.41, 5.74) is 4.42. The number of ether oxygens (including phenoxy) is 1. The van der Waals surface area contributed by atoms with Crippen LogP contribution in [0.3, 0.4) is 0 Å². The van der Waals surface area contributed by atoms with Crippen LogP contribution in [0.25, 0.3) is 22.0 Å². The van der Waals surface area contributed by atoms with Crippen LogP contribution in [0.15, 0.2) is 71.8 Å². The van der Waals surface area contributed by atoms with Gasteiger partial charge in [0.2, 0.25) is 5.56 Å². The van der Waals surface area contributed by atoms with E-state index in [1.165, 1.54) is 6.07 Å². The van der Waals surface area contributed by atoms with Gasteiger partial charge in [0.15, 0.2) is 0 Å². The minimum absolute atomic E-state index is 0.126. The standard InChI is InChI=1S/C29H27N4O3Si/c1-17-4-6-20(36-28(37)24-8-12-31-24)15-22(17)27(35)33-29(9-10-29)23-13-19(18-5-7-26(34)32-16-18)14-25-21(23)3-2-11-30-25/h2-7,11,13-16,24,28,31H,8-10,12H2,1H3,(H,32,34)(H,33,35)/t24-,28-/m0/s1. The number of pyridine rings is 2. The fourth-order valence-electron chi connectivity index (χ4n) is 4.92. The van der Waals surface area contributed by atoms with Gasteiger partial charge in [0.05, 0.1) is 27.0 Å². The van der Waals surface area contributed by atoms with Crippen molar-refractivity contribution in [3.05, 3.63) is 94.0 Å². The maximum Gasteiger partial charge on any atom is 0.252 e. The predicted molar refractivity (Wildman–Crippen MR) is 144 cm³/mol. The number of H-pyrrole nitrogens is 1. The largest absolute Gasteiger partial charge is 0.493 e. The number of nitrogens with zero attached hydrogens (tertiary/aromatic N) is 1. The average Bonchev–Trinajstić information content (AvgIpc) is 3.64. The number of hydrogen-bond donors (Lipinski definition) is 3. The van der Waals surface area contributed by atoms with Crippen LogP contribution in [0.1, 0.15) is 40.7 Å². The number of hydrogen-bond acceptors (Lipinski definition) is 5. The first-order chi connectivity index (χ1) is 17.9. The normalized spacial score (nSPS) is 18.6. The molecule has 0 bridgehead atoms. The Bertz CT molecular complexity index is 1540. The van der Waals surface area contributed by atoms with Crippen LogP contribution in [0.5, 0.6) is 5.75 Å². The minimum atomic E-state index is -0.479. The summed E-state index contributed by atoms with van der Waals surface area (Å²) in [6.45, 7) is 2.93. The van der Waals surface area contributed by atoms with Crippen LogP contribution in [0, 0.1) is 6.92 Å². The van der Waals surface area contributed by atoms with Crippen molar-refractivity contribution in [2.24, 2.45) is 0 Å². The first-order valence-electron chi connectivity index (χ1n) is 12.5. The molecule has 6 rings (SSSR count). The molecule has 2 aliphatic rings. The summed E-state index contributed by atoms with van der Waals surface area (Å²) in [5, 5.41) is 7.68. The van der Waals surface area contributed by atoms with Crippen LogP contribution in [-0.2, 0) is 5.54 Å². The maximum absolute atomic E-state index is 13.6. The molecule has 2 atom stereocenters. The van der Waals surface area contributed by atoms with Crippen molar-refractivity contribution in [3.8, 4) is 16.9 Å². The van der Waals surface area contributed by atoms with Gasteiger partial charge in [-0.05, 0) is 91.4 Å². The number of carbonyl (C=O) groups is 1. The topological polar surface area (TPSA) is 96.1 Å². The summed E-state index contributed by atoms with van der Waals surface area (Å²) >= 11 is 0. The van der Waals surface area contributed by atoms with Crippen LogP contribution in [0.2, 0.25) is 0 Å². The Morgan fingerprint density at radius 2 is 2.00 bits per heavy atom. The molecule has 37 heavy (non-hydrogen) atoms. The van der Waals surface area contributed by atoms with Crippen LogP contribution in [0.4, 0.5) is 0 Å². The first kappa shape index (κ1) is 23.6. The number of benzene rings is 2. The van der Waals surface area contributed by atoms with Crippen molar-refractivity contribution in [2.45, 2.75) is 43.5 Å². The molecule has 185 valence electrons. The Kier molecular flexibility index (Phi) is 5.93. The van der Waals surface area contributed by atoms with E-state index >= 15 is 0 Å². The van der Waals surface area contributed by atoms with E-state index in [0.29, 0.717) is 11.3 Å². The van der Waals surface area contributed by atoms with Gasteiger partial charge in [-0.1, -0.05) is 12.1 Å². The van der Waals surface area contributed by atoms with E-state index in [1.54, 1.807) is 18.5 Å². The summed E-state index contributed by atoms with van der Waals surface area (Å²) in [7, 11) is 3.66. The lowest BCUT2D eigenvalue weighted by molar-refractivity contribution is 0.0929. The summed E-state index contributed by atoms with van der Waals surface area (Å²) < 4.78 is 6.06. The lowest BCUT2D eigenvalue weighted by atomic mass is 9.93. The molecule has 1 aliphatic carbocycles. The zero-order valence-electron chi connectivity index (χ0n) is 20.5. The predicted octanol–water partition coefficient (Wildman–Crippen LogP) is 3.55. The SMILES string of the molecule is Cc1ccc(O[C@@H]([Si])[C@@H]2CCN2)cc1C(=O)NC1(c2cc(-c3ccc(=O)[nH]c3)cc3ncccc23)CC1. The Morgan fingerprint density at radius 1 is 1.16 bits per heavy atom. The molecule has 1 aliphatic heterocycles. The van der Waals surface area contributed by atoms with Crippen molar-refractivity contribution in [3.63, 3.8) is 0 Å². The van der Waals surface area contributed by atoms with Crippen molar-refractivity contribution in [1.29, 1.82) is 0 Å². The summed E-state index contributed by atoms with van der Waals surface area (Å²) in [4.78, 5) is 32.5. The average molecular weight is 508 g/mol. The lowest BCUT2D eigenvalue weighted by Crippen LogP contribution is -2.53. The zero-order valence-corrected chi connectivity index (χ0v) is 21.5. The molecule has 2 aromatic carbocycles. The van der Waals surface area contributed by atoms with Crippen LogP contribution >= 0.6 is 0 Å². The number of aromatic nitrogens is 2. The molecule has 3 radical (unpaired) electrons. The fourth-order valence-corrected chi connectivity index (χ4v) is 5.34. The molecule has 3 N–H and O–H groups in total. The Morgan fingerprint density at radius 3 is 2.70 bits per heavy atom. The molecule has 4 aromatic rings. The molecule has 7 nitrogen and oxygen atoms in total. The second-order valence-corrected chi connectivity index (χ2v) is 10.5. The Balaban J connectivity index is 1.32. The van der Waals surface area contributed by atoms with Crippen LogP contribution < -0.4 is 20.9 Å². The molecule has 0 unspecified atom stereocenters. The molecule has 0 spiro atoms. The van der Waals surface area contributed by atoms with Crippen molar-refractivity contribution in [2.75, 3.05) is 6.54 Å². The van der Waals surface area contributed by atoms with Gasteiger partial charge in [0, 0.05) is 35.5 Å². The van der Waals surface area contributed by atoms with Crippen molar-refractivity contribution in [1.82, 2.24) is 20.6 Å². The van der Waals surface area contributed by atoms with E-state index in [9.17, 15) is 9.59 Å². The van der Waals surface area contributed by atoms with E-state index in [-0.39, 0.29) is 23.2 Å². The quantitative estimate of drug-likeness (QED) is 0.333. The minimum Gasteiger partial charge on any atom is -0.493 e. The van der Waals surface area contributed by atoms with Crippen molar-refractivity contribution < 1.29 is 9.53 Å². The van der Waals surface area contributed by atoms with Crippen molar-refractivity contribution >= 4 is 27.1 Å². The van der Waals surface area contributed by atoms with E-state index < -0.39 is 5.54 Å². The van der Waals surface area contributed by atoms with Gasteiger partial charge in [-0.3, -0.25) is 14.6 Å². The van der Waals surface area contributed by atoms with Crippen LogP contribution in [-0.4, -0.2) is 44.4 Å². The monoisotopic (exact) mass is 507 g/mol. The van der Waals surface area contributed by atoms with Gasteiger partial charge >= 0.3 is 0 Å². The first-order valence-corrected chi connectivity index (χ1v) is 13.1. The highest BCUT2D eigenvalue weighted by Crippen LogP contribution is 2.49. The second-order valence-electron chi connectivity index (χ2n) is 9.94. The number of fused-ring (bicyclic) bond motifs is 1. The van der Waals surface area contributed by atoms with Gasteiger partial charge in [0.25, 0.3) is 5.91 Å². The Labute approximate surface area is 218 Å². The number of aromatic amines is 1. The molecule has 1 saturated heterocycles. The number of amides is 1. The summed E-state index contributed by atoms with van der Waals surface area (Å²) in [6.07, 6.45) is 6.20. The van der Waals surface area contributed by atoms with Gasteiger partial charge in [-0.25, -0.2) is 0 Å². The molecule has 2 aromatic heterocycles. The molecular weight excluding hydrogens is 480 g/mol. The maximum atomic E-state index is 13.6. The second kappa shape index (κ2) is 9.28. The zero-order chi connectivity index (χ0) is 25.6. The van der Waals surface area contributed by atoms with E-state index in [1.807, 2.05) is 43.3 Å². The third-order valence-electron chi connectivity index (χ3n) is 7.40. The lowest BCUT2D eigenvalue weighted by Gasteiger charge is -2.33. The van der Waals surface area contributed by atoms with Gasteiger partial charge in [-0.2, -0.15) is 0 Å². The van der Waals surface area contributed by atoms with E-state index in [2.05, 4.69) is 36.9 Å². The van der Waals surface area contributed by atoms with E-state index in [0.717, 1.165) is 59.0 Å². The molecule has 1 saturated carbocycles. The fraction of sp³-hybridized carbons (Fsp3) is 0.276. The molecule has 1 amide bonds. The molecular formula is C29H27N4O3Si. The summed E-state index contributed by atoms with van der Waals surface area (Å²) in [5.74, 6) is 0.531. The van der Waals surface area contributed by atoms with Gasteiger partial charge in [-0.15, -0.1) is 0 Å². The Hall–Kier alpha value is -3.75. The highest BCUT2D eigenvalue weighted by atomic mass is 28.1.